The first kappa shape index (κ1) is 22.6. The molecule has 2 unspecified atom stereocenters. The highest BCUT2D eigenvalue weighted by Crippen LogP contribution is 2.25. The lowest BCUT2D eigenvalue weighted by atomic mass is 10.2. The van der Waals surface area contributed by atoms with E-state index in [-0.39, 0.29) is 23.9 Å². The van der Waals surface area contributed by atoms with Crippen molar-refractivity contribution in [2.45, 2.75) is 38.1 Å². The van der Waals surface area contributed by atoms with Crippen LogP contribution in [0.4, 0.5) is 11.4 Å². The Balaban J connectivity index is 1.34. The second-order valence-electron chi connectivity index (χ2n) is 7.96. The Kier molecular flexibility index (Phi) is 7.03. The molecule has 0 aliphatic carbocycles. The van der Waals surface area contributed by atoms with Gasteiger partial charge in [0.1, 0.15) is 6.33 Å². The highest BCUT2D eigenvalue weighted by molar-refractivity contribution is 7.99. The maximum absolute atomic E-state index is 12.5. The molecule has 2 atom stereocenters. The number of nitrogens with zero attached hydrogens (tertiary/aromatic N) is 4. The number of carbonyl (C=O) groups excluding carboxylic acids is 1. The monoisotopic (exact) mass is 471 g/mol. The molecule has 0 radical (unpaired) electrons. The molecular formula is C23H26ClN5O2S. The second kappa shape index (κ2) is 9.94. The van der Waals surface area contributed by atoms with Crippen LogP contribution in [0.5, 0.6) is 0 Å². The summed E-state index contributed by atoms with van der Waals surface area (Å²) in [4.78, 5) is 14.8. The third kappa shape index (κ3) is 5.43. The third-order valence-corrected chi connectivity index (χ3v) is 6.57. The number of aryl methyl sites for hydroxylation is 1. The molecule has 2 aromatic carbocycles. The molecular weight excluding hydrogens is 446 g/mol. The summed E-state index contributed by atoms with van der Waals surface area (Å²) in [7, 11) is 0. The van der Waals surface area contributed by atoms with Crippen molar-refractivity contribution in [3.8, 4) is 5.69 Å². The highest BCUT2D eigenvalue weighted by Gasteiger charge is 2.22. The van der Waals surface area contributed by atoms with Gasteiger partial charge in [0.05, 0.1) is 23.6 Å². The molecule has 1 saturated heterocycles. The molecule has 2 heterocycles. The molecule has 1 aliphatic rings. The molecule has 1 amide bonds. The summed E-state index contributed by atoms with van der Waals surface area (Å²) in [5, 5.41) is 12.4. The Bertz CT molecular complexity index is 1080. The second-order valence-corrected chi connectivity index (χ2v) is 9.31. The minimum absolute atomic E-state index is 0.104. The van der Waals surface area contributed by atoms with Gasteiger partial charge in [-0.1, -0.05) is 29.4 Å². The average molecular weight is 472 g/mol. The zero-order valence-corrected chi connectivity index (χ0v) is 19.9. The van der Waals surface area contributed by atoms with E-state index in [0.29, 0.717) is 10.2 Å². The van der Waals surface area contributed by atoms with Crippen molar-refractivity contribution in [2.75, 3.05) is 29.1 Å². The Labute approximate surface area is 197 Å². The fraction of sp³-hybridized carbons (Fsp3) is 0.348. The number of thioether (sulfide) groups is 1. The zero-order chi connectivity index (χ0) is 22.7. The number of halogens is 1. The summed E-state index contributed by atoms with van der Waals surface area (Å²) in [5.41, 5.74) is 3.75. The SMILES string of the molecule is Cc1ccc(-n2cnnc2SCC(=O)Nc2ccc(N3CC(C)OC(C)C3)cc2)cc1Cl. The lowest BCUT2D eigenvalue weighted by Crippen LogP contribution is -2.45. The molecule has 0 saturated carbocycles. The summed E-state index contributed by atoms with van der Waals surface area (Å²) < 4.78 is 7.62. The fourth-order valence-corrected chi connectivity index (χ4v) is 4.61. The molecule has 0 spiro atoms. The molecule has 7 nitrogen and oxygen atoms in total. The van der Waals surface area contributed by atoms with E-state index in [2.05, 4.69) is 34.3 Å². The van der Waals surface area contributed by atoms with Crippen LogP contribution < -0.4 is 10.2 Å². The number of amides is 1. The van der Waals surface area contributed by atoms with Gasteiger partial charge in [-0.15, -0.1) is 10.2 Å². The summed E-state index contributed by atoms with van der Waals surface area (Å²) in [6.45, 7) is 7.85. The first-order valence-electron chi connectivity index (χ1n) is 10.5. The number of hydrogen-bond donors (Lipinski definition) is 1. The van der Waals surface area contributed by atoms with Gasteiger partial charge in [0, 0.05) is 29.5 Å². The summed E-state index contributed by atoms with van der Waals surface area (Å²) in [6.07, 6.45) is 2.02. The predicted molar refractivity (Wildman–Crippen MR) is 129 cm³/mol. The van der Waals surface area contributed by atoms with Crippen LogP contribution in [-0.4, -0.2) is 51.7 Å². The third-order valence-electron chi connectivity index (χ3n) is 5.22. The van der Waals surface area contributed by atoms with E-state index in [1.165, 1.54) is 11.8 Å². The maximum Gasteiger partial charge on any atom is 0.234 e. The predicted octanol–water partition coefficient (Wildman–Crippen LogP) is 4.57. The summed E-state index contributed by atoms with van der Waals surface area (Å²) in [5.74, 6) is 0.117. The van der Waals surface area contributed by atoms with Crippen molar-refractivity contribution >= 4 is 40.6 Å². The minimum atomic E-state index is -0.104. The zero-order valence-electron chi connectivity index (χ0n) is 18.3. The smallest absolute Gasteiger partial charge is 0.234 e. The van der Waals surface area contributed by atoms with E-state index in [4.69, 9.17) is 16.3 Å². The number of aromatic nitrogens is 3. The van der Waals surface area contributed by atoms with Gasteiger partial charge in [0.2, 0.25) is 5.91 Å². The molecule has 1 fully saturated rings. The summed E-state index contributed by atoms with van der Waals surface area (Å²) >= 11 is 7.57. The van der Waals surface area contributed by atoms with Crippen LogP contribution in [0.15, 0.2) is 53.9 Å². The van der Waals surface area contributed by atoms with Crippen LogP contribution in [0.3, 0.4) is 0 Å². The van der Waals surface area contributed by atoms with Crippen molar-refractivity contribution in [3.63, 3.8) is 0 Å². The quantitative estimate of drug-likeness (QED) is 0.531. The lowest BCUT2D eigenvalue weighted by Gasteiger charge is -2.36. The van der Waals surface area contributed by atoms with E-state index < -0.39 is 0 Å². The molecule has 9 heteroatoms. The molecule has 0 bridgehead atoms. The molecule has 3 aromatic rings. The number of hydrogen-bond acceptors (Lipinski definition) is 6. The van der Waals surface area contributed by atoms with Gasteiger partial charge >= 0.3 is 0 Å². The van der Waals surface area contributed by atoms with Gasteiger partial charge in [-0.05, 0) is 62.7 Å². The van der Waals surface area contributed by atoms with E-state index in [1.54, 1.807) is 6.33 Å². The van der Waals surface area contributed by atoms with Crippen LogP contribution in [-0.2, 0) is 9.53 Å². The molecule has 1 N–H and O–H groups in total. The molecule has 1 aromatic heterocycles. The molecule has 32 heavy (non-hydrogen) atoms. The fourth-order valence-electron chi connectivity index (χ4n) is 3.70. The number of benzene rings is 2. The van der Waals surface area contributed by atoms with Crippen molar-refractivity contribution in [1.82, 2.24) is 14.8 Å². The topological polar surface area (TPSA) is 72.3 Å². The normalized spacial score (nSPS) is 18.6. The molecule has 168 valence electrons. The Morgan fingerprint density at radius 1 is 1.16 bits per heavy atom. The van der Waals surface area contributed by atoms with Gasteiger partial charge < -0.3 is 15.0 Å². The number of nitrogens with one attached hydrogen (secondary N) is 1. The number of carbonyl (C=O) groups is 1. The largest absolute Gasteiger partial charge is 0.372 e. The average Bonchev–Trinajstić information content (AvgIpc) is 3.23. The van der Waals surface area contributed by atoms with Gasteiger partial charge in [0.15, 0.2) is 5.16 Å². The summed E-state index contributed by atoms with van der Waals surface area (Å²) in [6, 6.07) is 13.7. The Morgan fingerprint density at radius 3 is 2.53 bits per heavy atom. The highest BCUT2D eigenvalue weighted by atomic mass is 35.5. The van der Waals surface area contributed by atoms with Crippen LogP contribution >= 0.6 is 23.4 Å². The van der Waals surface area contributed by atoms with Crippen LogP contribution in [0.2, 0.25) is 5.02 Å². The number of morpholine rings is 1. The first-order valence-corrected chi connectivity index (χ1v) is 11.8. The van der Waals surface area contributed by atoms with Gasteiger partial charge in [-0.3, -0.25) is 9.36 Å². The van der Waals surface area contributed by atoms with Gasteiger partial charge in [-0.2, -0.15) is 0 Å². The van der Waals surface area contributed by atoms with Crippen molar-refractivity contribution in [2.24, 2.45) is 0 Å². The number of ether oxygens (including phenoxy) is 1. The van der Waals surface area contributed by atoms with E-state index in [9.17, 15) is 4.79 Å². The lowest BCUT2D eigenvalue weighted by molar-refractivity contribution is -0.113. The van der Waals surface area contributed by atoms with E-state index >= 15 is 0 Å². The van der Waals surface area contributed by atoms with E-state index in [1.807, 2.05) is 54.0 Å². The van der Waals surface area contributed by atoms with Crippen molar-refractivity contribution < 1.29 is 9.53 Å². The first-order chi connectivity index (χ1) is 15.4. The number of rotatable bonds is 6. The molecule has 4 rings (SSSR count). The van der Waals surface area contributed by atoms with Gasteiger partial charge in [0.25, 0.3) is 0 Å². The van der Waals surface area contributed by atoms with Crippen LogP contribution in [0.1, 0.15) is 19.4 Å². The van der Waals surface area contributed by atoms with Crippen LogP contribution in [0, 0.1) is 6.92 Å². The van der Waals surface area contributed by atoms with Crippen molar-refractivity contribution in [1.29, 1.82) is 0 Å². The van der Waals surface area contributed by atoms with Crippen LogP contribution in [0.25, 0.3) is 5.69 Å². The standard InChI is InChI=1S/C23H26ClN5O2S/c1-15-4-7-20(10-21(15)24)29-14-25-27-23(29)32-13-22(30)26-18-5-8-19(9-6-18)28-11-16(2)31-17(3)12-28/h4-10,14,16-17H,11-13H2,1-3H3,(H,26,30). The molecule has 1 aliphatic heterocycles. The van der Waals surface area contributed by atoms with Crippen molar-refractivity contribution in [3.05, 3.63) is 59.4 Å². The van der Waals surface area contributed by atoms with Gasteiger partial charge in [-0.25, -0.2) is 0 Å². The Morgan fingerprint density at radius 2 is 1.84 bits per heavy atom. The maximum atomic E-state index is 12.5. The number of anilines is 2. The minimum Gasteiger partial charge on any atom is -0.372 e. The van der Waals surface area contributed by atoms with E-state index in [0.717, 1.165) is 35.7 Å². The Hall–Kier alpha value is -2.55.